The Bertz CT molecular complexity index is 317. The molecule has 1 fully saturated rings. The van der Waals surface area contributed by atoms with Crippen molar-refractivity contribution in [2.24, 2.45) is 5.73 Å². The molecule has 1 aliphatic heterocycles. The number of nitrogens with zero attached hydrogens (tertiary/aromatic N) is 1. The second kappa shape index (κ2) is 8.71. The Kier molecular flexibility index (Phi) is 7.63. The van der Waals surface area contributed by atoms with Crippen LogP contribution in [0.1, 0.15) is 53.4 Å². The molecule has 0 aromatic heterocycles. The van der Waals surface area contributed by atoms with E-state index in [0.29, 0.717) is 6.10 Å². The molecule has 1 amide bonds. The molecule has 124 valence electrons. The summed E-state index contributed by atoms with van der Waals surface area (Å²) in [6.45, 7) is 12.1. The molecular formula is C16H33N3O2. The Morgan fingerprint density at radius 3 is 2.71 bits per heavy atom. The number of likely N-dealkylation sites (N-methyl/N-ethyl adjacent to an activating group) is 1. The second-order valence-corrected chi connectivity index (χ2v) is 6.63. The zero-order chi connectivity index (χ0) is 15.9. The third-order valence-electron chi connectivity index (χ3n) is 4.24. The van der Waals surface area contributed by atoms with Crippen LogP contribution in [0.25, 0.3) is 0 Å². The number of nitrogens with two attached hydrogens (primary N) is 1. The first kappa shape index (κ1) is 18.4. The molecule has 1 saturated heterocycles. The highest BCUT2D eigenvalue weighted by Crippen LogP contribution is 2.16. The molecule has 2 atom stereocenters. The third kappa shape index (κ3) is 6.32. The van der Waals surface area contributed by atoms with Gasteiger partial charge in [-0.25, -0.2) is 0 Å². The quantitative estimate of drug-likeness (QED) is 0.641. The smallest absolute Gasteiger partial charge is 0.237 e. The number of hydrogen-bond donors (Lipinski definition) is 2. The Labute approximate surface area is 129 Å². The fourth-order valence-electron chi connectivity index (χ4n) is 3.01. The van der Waals surface area contributed by atoms with Crippen LogP contribution in [0.4, 0.5) is 0 Å². The number of ether oxygens (including phenoxy) is 1. The van der Waals surface area contributed by atoms with Crippen LogP contribution in [0, 0.1) is 0 Å². The van der Waals surface area contributed by atoms with Crippen molar-refractivity contribution in [2.75, 3.05) is 26.2 Å². The van der Waals surface area contributed by atoms with Gasteiger partial charge in [0.1, 0.15) is 0 Å². The maximum atomic E-state index is 11.7. The van der Waals surface area contributed by atoms with Gasteiger partial charge in [0.25, 0.3) is 0 Å². The second-order valence-electron chi connectivity index (χ2n) is 6.63. The Balaban J connectivity index is 2.38. The van der Waals surface area contributed by atoms with E-state index in [2.05, 4.69) is 17.1 Å². The molecule has 2 unspecified atom stereocenters. The summed E-state index contributed by atoms with van der Waals surface area (Å²) in [4.78, 5) is 14.1. The molecule has 5 nitrogen and oxygen atoms in total. The summed E-state index contributed by atoms with van der Waals surface area (Å²) in [5, 5.41) is 3.30. The molecule has 5 heteroatoms. The van der Waals surface area contributed by atoms with E-state index in [1.165, 1.54) is 12.8 Å². The van der Waals surface area contributed by atoms with Gasteiger partial charge in [0.05, 0.1) is 11.6 Å². The molecule has 1 rings (SSSR count). The Morgan fingerprint density at radius 1 is 1.52 bits per heavy atom. The summed E-state index contributed by atoms with van der Waals surface area (Å²) in [5.41, 5.74) is 4.95. The van der Waals surface area contributed by atoms with Gasteiger partial charge in [-0.1, -0.05) is 6.92 Å². The van der Waals surface area contributed by atoms with E-state index in [0.717, 1.165) is 39.1 Å². The lowest BCUT2D eigenvalue weighted by Gasteiger charge is -2.31. The minimum absolute atomic E-state index is 0.247. The van der Waals surface area contributed by atoms with Crippen molar-refractivity contribution in [1.29, 1.82) is 0 Å². The molecule has 0 radical (unpaired) electrons. The summed E-state index contributed by atoms with van der Waals surface area (Å²) >= 11 is 0. The first-order valence-corrected chi connectivity index (χ1v) is 8.29. The van der Waals surface area contributed by atoms with E-state index in [1.807, 2.05) is 20.8 Å². The van der Waals surface area contributed by atoms with Crippen molar-refractivity contribution in [1.82, 2.24) is 10.2 Å². The zero-order valence-electron chi connectivity index (χ0n) is 14.2. The average molecular weight is 299 g/mol. The molecular weight excluding hydrogens is 266 g/mol. The van der Waals surface area contributed by atoms with Gasteiger partial charge in [-0.3, -0.25) is 4.79 Å². The van der Waals surface area contributed by atoms with Crippen LogP contribution in [0.2, 0.25) is 0 Å². The topological polar surface area (TPSA) is 67.6 Å². The highest BCUT2D eigenvalue weighted by molar-refractivity contribution is 5.84. The van der Waals surface area contributed by atoms with E-state index in [-0.39, 0.29) is 11.9 Å². The highest BCUT2D eigenvalue weighted by Gasteiger charge is 2.31. The lowest BCUT2D eigenvalue weighted by atomic mass is 9.93. The van der Waals surface area contributed by atoms with Gasteiger partial charge in [-0.05, 0) is 59.5 Å². The fourth-order valence-corrected chi connectivity index (χ4v) is 3.01. The van der Waals surface area contributed by atoms with Gasteiger partial charge in [0.15, 0.2) is 0 Å². The number of nitrogens with one attached hydrogen (secondary N) is 1. The predicted octanol–water partition coefficient (Wildman–Crippen LogP) is 1.51. The van der Waals surface area contributed by atoms with Gasteiger partial charge in [0.2, 0.25) is 5.91 Å². The fraction of sp³-hybridized carbons (Fsp3) is 0.938. The molecule has 0 bridgehead atoms. The van der Waals surface area contributed by atoms with Crippen molar-refractivity contribution in [3.8, 4) is 0 Å². The van der Waals surface area contributed by atoms with Crippen LogP contribution in [-0.4, -0.2) is 54.7 Å². The van der Waals surface area contributed by atoms with Crippen LogP contribution in [-0.2, 0) is 9.53 Å². The minimum Gasteiger partial charge on any atom is -0.377 e. The minimum atomic E-state index is -0.614. The van der Waals surface area contributed by atoms with E-state index >= 15 is 0 Å². The molecule has 1 heterocycles. The van der Waals surface area contributed by atoms with E-state index in [9.17, 15) is 4.79 Å². The average Bonchev–Trinajstić information content (AvgIpc) is 2.89. The van der Waals surface area contributed by atoms with Crippen molar-refractivity contribution in [2.45, 2.75) is 71.1 Å². The maximum Gasteiger partial charge on any atom is 0.237 e. The van der Waals surface area contributed by atoms with Crippen molar-refractivity contribution >= 4 is 5.91 Å². The lowest BCUT2D eigenvalue weighted by molar-refractivity contribution is -0.124. The van der Waals surface area contributed by atoms with Gasteiger partial charge in [-0.2, -0.15) is 0 Å². The van der Waals surface area contributed by atoms with Gasteiger partial charge in [0, 0.05) is 19.2 Å². The first-order chi connectivity index (χ1) is 9.87. The van der Waals surface area contributed by atoms with Crippen LogP contribution in [0.15, 0.2) is 0 Å². The van der Waals surface area contributed by atoms with Crippen molar-refractivity contribution in [3.05, 3.63) is 0 Å². The zero-order valence-corrected chi connectivity index (χ0v) is 14.2. The van der Waals surface area contributed by atoms with Crippen molar-refractivity contribution < 1.29 is 9.53 Å². The number of carbonyl (C=O) groups excluding carboxylic acids is 1. The number of amides is 1. The SMILES string of the molecule is CCN(CCCC(C)(NC(C)C)C(N)=O)CC1CCCO1. The van der Waals surface area contributed by atoms with Crippen molar-refractivity contribution in [3.63, 3.8) is 0 Å². The summed E-state index contributed by atoms with van der Waals surface area (Å²) in [5.74, 6) is -0.265. The van der Waals surface area contributed by atoms with E-state index < -0.39 is 5.54 Å². The predicted molar refractivity (Wildman–Crippen MR) is 86.2 cm³/mol. The molecule has 0 saturated carbocycles. The largest absolute Gasteiger partial charge is 0.377 e. The Morgan fingerprint density at radius 2 is 2.24 bits per heavy atom. The molecule has 0 aromatic rings. The van der Waals surface area contributed by atoms with Crippen LogP contribution < -0.4 is 11.1 Å². The number of primary amides is 1. The standard InChI is InChI=1S/C16H33N3O2/c1-5-19(12-14-8-6-11-21-14)10-7-9-16(4,15(17)20)18-13(2)3/h13-14,18H,5-12H2,1-4H3,(H2,17,20). The Hall–Kier alpha value is -0.650. The lowest BCUT2D eigenvalue weighted by Crippen LogP contribution is -2.55. The normalized spacial score (nSPS) is 21.9. The van der Waals surface area contributed by atoms with Gasteiger partial charge < -0.3 is 20.7 Å². The molecule has 0 aliphatic carbocycles. The van der Waals surface area contributed by atoms with Gasteiger partial charge >= 0.3 is 0 Å². The van der Waals surface area contributed by atoms with Crippen LogP contribution in [0.5, 0.6) is 0 Å². The first-order valence-electron chi connectivity index (χ1n) is 8.29. The van der Waals surface area contributed by atoms with E-state index in [4.69, 9.17) is 10.5 Å². The summed E-state index contributed by atoms with van der Waals surface area (Å²) in [6.07, 6.45) is 4.47. The number of carbonyl (C=O) groups is 1. The summed E-state index contributed by atoms with van der Waals surface area (Å²) in [6, 6.07) is 0.247. The molecule has 0 spiro atoms. The van der Waals surface area contributed by atoms with Crippen LogP contribution in [0.3, 0.4) is 0 Å². The molecule has 0 aromatic carbocycles. The number of rotatable bonds is 10. The van der Waals surface area contributed by atoms with Gasteiger partial charge in [-0.15, -0.1) is 0 Å². The molecule has 21 heavy (non-hydrogen) atoms. The maximum absolute atomic E-state index is 11.7. The highest BCUT2D eigenvalue weighted by atomic mass is 16.5. The van der Waals surface area contributed by atoms with Crippen LogP contribution >= 0.6 is 0 Å². The molecule has 1 aliphatic rings. The number of hydrogen-bond acceptors (Lipinski definition) is 4. The molecule has 3 N–H and O–H groups in total. The van der Waals surface area contributed by atoms with E-state index in [1.54, 1.807) is 0 Å². The monoisotopic (exact) mass is 299 g/mol. The summed E-state index contributed by atoms with van der Waals surface area (Å²) in [7, 11) is 0. The third-order valence-corrected chi connectivity index (χ3v) is 4.24. The summed E-state index contributed by atoms with van der Waals surface area (Å²) < 4.78 is 5.70.